The van der Waals surface area contributed by atoms with E-state index >= 15 is 0 Å². The quantitative estimate of drug-likeness (QED) is 0.686. The van der Waals surface area contributed by atoms with Gasteiger partial charge in [0.2, 0.25) is 0 Å². The Hall–Kier alpha value is -1.14. The minimum atomic E-state index is -0.985. The van der Waals surface area contributed by atoms with Crippen molar-refractivity contribution in [2.75, 3.05) is 6.61 Å². The van der Waals surface area contributed by atoms with Crippen LogP contribution in [0.25, 0.3) is 6.08 Å². The Kier molecular flexibility index (Phi) is 4.70. The summed E-state index contributed by atoms with van der Waals surface area (Å²) < 4.78 is 5.35. The first kappa shape index (κ1) is 12.9. The maximum Gasteiger partial charge on any atom is 0.345 e. The van der Waals surface area contributed by atoms with Crippen molar-refractivity contribution < 1.29 is 19.4 Å². The van der Waals surface area contributed by atoms with Crippen LogP contribution in [0.2, 0.25) is 0 Å². The molecule has 0 aliphatic carbocycles. The molecule has 1 rings (SSSR count). The number of ether oxygens (including phenoxy) is 1. The fraction of sp³-hybridized carbons (Fsp3) is 0.200. The fourth-order valence-electron chi connectivity index (χ4n) is 0.936. The molecule has 0 saturated heterocycles. The van der Waals surface area contributed by atoms with Gasteiger partial charge in [-0.3, -0.25) is 0 Å². The van der Waals surface area contributed by atoms with Crippen molar-refractivity contribution >= 4 is 45.3 Å². The Labute approximate surface area is 105 Å². The summed E-state index contributed by atoms with van der Waals surface area (Å²) in [5, 5.41) is 8.76. The van der Waals surface area contributed by atoms with Gasteiger partial charge in [-0.1, -0.05) is 0 Å². The number of hydrogen-bond donors (Lipinski definition) is 1. The highest BCUT2D eigenvalue weighted by Crippen LogP contribution is 2.28. The van der Waals surface area contributed by atoms with Crippen LogP contribution >= 0.6 is 27.3 Å². The van der Waals surface area contributed by atoms with Crippen LogP contribution in [-0.2, 0) is 9.53 Å². The average molecular weight is 305 g/mol. The summed E-state index contributed by atoms with van der Waals surface area (Å²) in [6.45, 7) is 2.03. The molecule has 1 heterocycles. The van der Waals surface area contributed by atoms with Crippen LogP contribution in [0.1, 0.15) is 21.5 Å². The second-order valence-electron chi connectivity index (χ2n) is 2.71. The number of rotatable bonds is 4. The van der Waals surface area contributed by atoms with Crippen LogP contribution in [-0.4, -0.2) is 23.7 Å². The number of carboxylic acid groups (broad SMARTS) is 1. The van der Waals surface area contributed by atoms with E-state index in [4.69, 9.17) is 9.84 Å². The predicted molar refractivity (Wildman–Crippen MR) is 64.6 cm³/mol. The normalized spacial score (nSPS) is 10.6. The third-order valence-corrected chi connectivity index (χ3v) is 3.59. The van der Waals surface area contributed by atoms with Gasteiger partial charge in [-0.2, -0.15) is 0 Å². The maximum absolute atomic E-state index is 11.0. The van der Waals surface area contributed by atoms with E-state index in [-0.39, 0.29) is 4.88 Å². The summed E-state index contributed by atoms with van der Waals surface area (Å²) in [5.41, 5.74) is 0. The van der Waals surface area contributed by atoms with Crippen LogP contribution in [0.3, 0.4) is 0 Å². The van der Waals surface area contributed by atoms with Crippen LogP contribution in [0.15, 0.2) is 16.6 Å². The Morgan fingerprint density at radius 3 is 2.81 bits per heavy atom. The maximum atomic E-state index is 11.0. The molecule has 0 bridgehead atoms. The van der Waals surface area contributed by atoms with E-state index in [0.717, 1.165) is 11.3 Å². The molecule has 1 N–H and O–H groups in total. The highest BCUT2D eigenvalue weighted by atomic mass is 79.9. The van der Waals surface area contributed by atoms with Crippen molar-refractivity contribution in [1.82, 2.24) is 0 Å². The average Bonchev–Trinajstić information content (AvgIpc) is 2.58. The number of carbonyl (C=O) groups is 2. The Balaban J connectivity index is 2.81. The first-order valence-electron chi connectivity index (χ1n) is 4.42. The molecule has 1 aromatic rings. The van der Waals surface area contributed by atoms with E-state index in [1.165, 1.54) is 18.2 Å². The standard InChI is InChI=1S/C10H9BrO4S/c1-2-15-9(12)4-3-7-6(11)5-8(16-7)10(13)14/h3-5H,2H2,1H3,(H,13,14)/b4-3+. The molecule has 0 aliphatic rings. The van der Waals surface area contributed by atoms with Gasteiger partial charge in [0, 0.05) is 15.4 Å². The molecule has 0 radical (unpaired) electrons. The van der Waals surface area contributed by atoms with E-state index in [9.17, 15) is 9.59 Å². The highest BCUT2D eigenvalue weighted by molar-refractivity contribution is 9.10. The summed E-state index contributed by atoms with van der Waals surface area (Å²) in [7, 11) is 0. The lowest BCUT2D eigenvalue weighted by atomic mass is 10.4. The number of carbonyl (C=O) groups excluding carboxylic acids is 1. The third kappa shape index (κ3) is 3.46. The molecule has 86 valence electrons. The molecular formula is C10H9BrO4S. The number of carboxylic acids is 1. The zero-order chi connectivity index (χ0) is 12.1. The Morgan fingerprint density at radius 2 is 2.31 bits per heavy atom. The van der Waals surface area contributed by atoms with Gasteiger partial charge >= 0.3 is 11.9 Å². The molecule has 0 saturated carbocycles. The minimum Gasteiger partial charge on any atom is -0.477 e. The Bertz CT molecular complexity index is 436. The number of halogens is 1. The molecule has 4 nitrogen and oxygen atoms in total. The summed E-state index contributed by atoms with van der Waals surface area (Å²) in [5.74, 6) is -1.43. The van der Waals surface area contributed by atoms with Crippen molar-refractivity contribution in [3.05, 3.63) is 26.4 Å². The molecule has 16 heavy (non-hydrogen) atoms. The summed E-state index contributed by atoms with van der Waals surface area (Å²) in [6.07, 6.45) is 2.80. The van der Waals surface area contributed by atoms with Gasteiger partial charge in [-0.25, -0.2) is 9.59 Å². The van der Waals surface area contributed by atoms with Gasteiger partial charge < -0.3 is 9.84 Å². The molecule has 0 aromatic carbocycles. The van der Waals surface area contributed by atoms with Gasteiger partial charge in [0.1, 0.15) is 4.88 Å². The molecule has 0 aliphatic heterocycles. The lowest BCUT2D eigenvalue weighted by Crippen LogP contribution is -1.98. The molecule has 0 unspecified atom stereocenters. The van der Waals surface area contributed by atoms with Crippen LogP contribution in [0, 0.1) is 0 Å². The number of aromatic carboxylic acids is 1. The molecule has 0 amide bonds. The highest BCUT2D eigenvalue weighted by Gasteiger charge is 2.10. The van der Waals surface area contributed by atoms with Gasteiger partial charge in [0.25, 0.3) is 0 Å². The molecule has 1 aromatic heterocycles. The topological polar surface area (TPSA) is 63.6 Å². The molecule has 0 fully saturated rings. The SMILES string of the molecule is CCOC(=O)/C=C/c1sc(C(=O)O)cc1Br. The molecular weight excluding hydrogens is 296 g/mol. The van der Waals surface area contributed by atoms with Crippen molar-refractivity contribution in [2.45, 2.75) is 6.92 Å². The molecule has 0 atom stereocenters. The first-order chi connectivity index (χ1) is 7.54. The second kappa shape index (κ2) is 5.81. The van der Waals surface area contributed by atoms with E-state index in [2.05, 4.69) is 15.9 Å². The van der Waals surface area contributed by atoms with Gasteiger partial charge in [-0.05, 0) is 35.0 Å². The van der Waals surface area contributed by atoms with Crippen molar-refractivity contribution in [2.24, 2.45) is 0 Å². The van der Waals surface area contributed by atoms with E-state index in [0.29, 0.717) is 16.0 Å². The van der Waals surface area contributed by atoms with E-state index < -0.39 is 11.9 Å². The fourth-order valence-corrected chi connectivity index (χ4v) is 2.48. The van der Waals surface area contributed by atoms with Crippen LogP contribution in [0.4, 0.5) is 0 Å². The number of thiophene rings is 1. The van der Waals surface area contributed by atoms with E-state index in [1.54, 1.807) is 6.92 Å². The largest absolute Gasteiger partial charge is 0.477 e. The Morgan fingerprint density at radius 1 is 1.62 bits per heavy atom. The van der Waals surface area contributed by atoms with Crippen LogP contribution < -0.4 is 0 Å². The van der Waals surface area contributed by atoms with Gasteiger partial charge in [0.15, 0.2) is 0 Å². The zero-order valence-corrected chi connectivity index (χ0v) is 10.8. The van der Waals surface area contributed by atoms with Gasteiger partial charge in [-0.15, -0.1) is 11.3 Å². The summed E-state index contributed by atoms with van der Waals surface area (Å²) in [4.78, 5) is 22.6. The summed E-state index contributed by atoms with van der Waals surface area (Å²) in [6, 6.07) is 1.50. The third-order valence-electron chi connectivity index (χ3n) is 1.58. The van der Waals surface area contributed by atoms with Crippen molar-refractivity contribution in [3.8, 4) is 0 Å². The van der Waals surface area contributed by atoms with Crippen molar-refractivity contribution in [1.29, 1.82) is 0 Å². The lowest BCUT2D eigenvalue weighted by molar-refractivity contribution is -0.137. The zero-order valence-electron chi connectivity index (χ0n) is 8.40. The summed E-state index contributed by atoms with van der Waals surface area (Å²) >= 11 is 4.30. The van der Waals surface area contributed by atoms with Gasteiger partial charge in [0.05, 0.1) is 6.61 Å². The second-order valence-corrected chi connectivity index (χ2v) is 4.65. The minimum absolute atomic E-state index is 0.218. The van der Waals surface area contributed by atoms with Crippen LogP contribution in [0.5, 0.6) is 0 Å². The number of esters is 1. The first-order valence-corrected chi connectivity index (χ1v) is 6.03. The lowest BCUT2D eigenvalue weighted by Gasteiger charge is -1.93. The predicted octanol–water partition coefficient (Wildman–Crippen LogP) is 2.79. The smallest absolute Gasteiger partial charge is 0.345 e. The molecule has 6 heteroatoms. The number of hydrogen-bond acceptors (Lipinski definition) is 4. The molecule has 0 spiro atoms. The van der Waals surface area contributed by atoms with Crippen molar-refractivity contribution in [3.63, 3.8) is 0 Å². The monoisotopic (exact) mass is 304 g/mol. The van der Waals surface area contributed by atoms with E-state index in [1.807, 2.05) is 0 Å².